The fraction of sp³-hybridized carbons (Fsp3) is 1.00. The molecular weight excluding hydrogens is 228 g/mol. The number of aliphatic hydroxyl groups excluding tert-OH is 1. The lowest BCUT2D eigenvalue weighted by molar-refractivity contribution is 0.132. The molecule has 0 saturated carbocycles. The molecular formula is C10H22N2O3S. The number of hydrogen-bond acceptors (Lipinski definition) is 4. The largest absolute Gasteiger partial charge is 0.396 e. The molecule has 96 valence electrons. The van der Waals surface area contributed by atoms with E-state index in [2.05, 4.69) is 9.62 Å². The number of likely N-dealkylation sites (tertiary alicyclic amines) is 1. The second kappa shape index (κ2) is 6.54. The van der Waals surface area contributed by atoms with Crippen molar-refractivity contribution in [2.75, 3.05) is 39.0 Å². The van der Waals surface area contributed by atoms with Crippen molar-refractivity contribution in [1.82, 2.24) is 9.62 Å². The molecule has 1 heterocycles. The Bertz CT molecular complexity index is 284. The highest BCUT2D eigenvalue weighted by molar-refractivity contribution is 7.89. The molecule has 16 heavy (non-hydrogen) atoms. The van der Waals surface area contributed by atoms with E-state index in [1.807, 2.05) is 0 Å². The summed E-state index contributed by atoms with van der Waals surface area (Å²) in [6.45, 7) is 3.07. The molecule has 0 spiro atoms. The molecule has 0 atom stereocenters. The summed E-state index contributed by atoms with van der Waals surface area (Å²) in [7, 11) is -1.61. The van der Waals surface area contributed by atoms with Gasteiger partial charge in [0.25, 0.3) is 0 Å². The lowest BCUT2D eigenvalue weighted by atomic mass is 9.98. The topological polar surface area (TPSA) is 69.6 Å². The molecule has 5 nitrogen and oxygen atoms in total. The van der Waals surface area contributed by atoms with E-state index in [0.29, 0.717) is 12.3 Å². The lowest BCUT2D eigenvalue weighted by Gasteiger charge is -2.30. The van der Waals surface area contributed by atoms with Crippen molar-refractivity contribution < 1.29 is 13.5 Å². The summed E-state index contributed by atoms with van der Waals surface area (Å²) in [5.41, 5.74) is 0. The van der Waals surface area contributed by atoms with E-state index < -0.39 is 10.0 Å². The van der Waals surface area contributed by atoms with Crippen LogP contribution in [0.15, 0.2) is 0 Å². The van der Waals surface area contributed by atoms with Crippen LogP contribution >= 0.6 is 0 Å². The fourth-order valence-electron chi connectivity index (χ4n) is 1.97. The van der Waals surface area contributed by atoms with Gasteiger partial charge in [-0.05, 0) is 51.9 Å². The minimum Gasteiger partial charge on any atom is -0.396 e. The maximum atomic E-state index is 11.2. The van der Waals surface area contributed by atoms with Crippen molar-refractivity contribution in [1.29, 1.82) is 0 Å². The van der Waals surface area contributed by atoms with Crippen LogP contribution in [0.25, 0.3) is 0 Å². The number of piperidine rings is 1. The lowest BCUT2D eigenvalue weighted by Crippen LogP contribution is -2.36. The maximum absolute atomic E-state index is 11.2. The number of nitrogens with one attached hydrogen (secondary N) is 1. The first-order valence-corrected chi connectivity index (χ1v) is 7.47. The van der Waals surface area contributed by atoms with Crippen molar-refractivity contribution >= 4 is 10.0 Å². The van der Waals surface area contributed by atoms with Gasteiger partial charge in [0.2, 0.25) is 10.0 Å². The number of rotatable bonds is 6. The zero-order valence-electron chi connectivity index (χ0n) is 9.85. The number of hydrogen-bond donors (Lipinski definition) is 2. The molecule has 0 aromatic heterocycles. The van der Waals surface area contributed by atoms with Crippen LogP contribution in [-0.2, 0) is 10.0 Å². The molecule has 0 aromatic rings. The molecule has 6 heteroatoms. The Morgan fingerprint density at radius 3 is 2.50 bits per heavy atom. The number of nitrogens with zero attached hydrogens (tertiary/aromatic N) is 1. The van der Waals surface area contributed by atoms with Crippen LogP contribution in [0.5, 0.6) is 0 Å². The van der Waals surface area contributed by atoms with Crippen LogP contribution in [0.2, 0.25) is 0 Å². The molecule has 1 fully saturated rings. The van der Waals surface area contributed by atoms with E-state index >= 15 is 0 Å². The van der Waals surface area contributed by atoms with Crippen molar-refractivity contribution in [3.63, 3.8) is 0 Å². The minimum absolute atomic E-state index is 0.198. The van der Waals surface area contributed by atoms with Gasteiger partial charge in [0.15, 0.2) is 0 Å². The standard InChI is InChI=1S/C10H22N2O3S/c1-11-16(14,15)8-2-5-12-6-3-10(9-13)4-7-12/h10-11,13H,2-9H2,1H3. The van der Waals surface area contributed by atoms with Crippen LogP contribution < -0.4 is 4.72 Å². The molecule has 1 saturated heterocycles. The van der Waals surface area contributed by atoms with Gasteiger partial charge in [-0.3, -0.25) is 0 Å². The molecule has 0 bridgehead atoms. The van der Waals surface area contributed by atoms with E-state index in [-0.39, 0.29) is 12.4 Å². The van der Waals surface area contributed by atoms with Crippen molar-refractivity contribution in [3.8, 4) is 0 Å². The smallest absolute Gasteiger partial charge is 0.211 e. The SMILES string of the molecule is CNS(=O)(=O)CCCN1CCC(CO)CC1. The highest BCUT2D eigenvalue weighted by Gasteiger charge is 2.18. The van der Waals surface area contributed by atoms with Crippen LogP contribution in [0.3, 0.4) is 0 Å². The molecule has 0 aliphatic carbocycles. The molecule has 0 radical (unpaired) electrons. The molecule has 2 N–H and O–H groups in total. The van der Waals surface area contributed by atoms with Gasteiger partial charge in [-0.15, -0.1) is 0 Å². The van der Waals surface area contributed by atoms with Crippen molar-refractivity contribution in [2.45, 2.75) is 19.3 Å². The second-order valence-corrected chi connectivity index (χ2v) is 6.39. The van der Waals surface area contributed by atoms with Crippen molar-refractivity contribution in [3.05, 3.63) is 0 Å². The summed E-state index contributed by atoms with van der Waals surface area (Å²) in [4.78, 5) is 2.28. The third kappa shape index (κ3) is 4.78. The van der Waals surface area contributed by atoms with Gasteiger partial charge in [-0.1, -0.05) is 0 Å². The maximum Gasteiger partial charge on any atom is 0.211 e. The van der Waals surface area contributed by atoms with E-state index in [1.165, 1.54) is 7.05 Å². The highest BCUT2D eigenvalue weighted by Crippen LogP contribution is 2.16. The van der Waals surface area contributed by atoms with Crippen molar-refractivity contribution in [2.24, 2.45) is 5.92 Å². The summed E-state index contributed by atoms with van der Waals surface area (Å²) in [6.07, 6.45) is 2.72. The summed E-state index contributed by atoms with van der Waals surface area (Å²) < 4.78 is 24.7. The van der Waals surface area contributed by atoms with Gasteiger partial charge in [0, 0.05) is 6.61 Å². The summed E-state index contributed by atoms with van der Waals surface area (Å²) >= 11 is 0. The van der Waals surface area contributed by atoms with Gasteiger partial charge in [0.1, 0.15) is 0 Å². The van der Waals surface area contributed by atoms with E-state index in [1.54, 1.807) is 0 Å². The Labute approximate surface area is 97.9 Å². The van der Waals surface area contributed by atoms with Gasteiger partial charge < -0.3 is 10.0 Å². The van der Waals surface area contributed by atoms with Crippen LogP contribution in [-0.4, -0.2) is 57.5 Å². The van der Waals surface area contributed by atoms with E-state index in [9.17, 15) is 8.42 Å². The van der Waals surface area contributed by atoms with Crippen LogP contribution in [0.1, 0.15) is 19.3 Å². The predicted molar refractivity (Wildman–Crippen MR) is 63.7 cm³/mol. The Balaban J connectivity index is 2.16. The van der Waals surface area contributed by atoms with Crippen LogP contribution in [0, 0.1) is 5.92 Å². The summed E-state index contributed by atoms with van der Waals surface area (Å²) in [5, 5.41) is 8.99. The molecule has 1 aliphatic rings. The second-order valence-electron chi connectivity index (χ2n) is 4.34. The minimum atomic E-state index is -3.05. The first-order chi connectivity index (χ1) is 7.57. The number of aliphatic hydroxyl groups is 1. The zero-order chi connectivity index (χ0) is 12.0. The van der Waals surface area contributed by atoms with E-state index in [0.717, 1.165) is 32.5 Å². The Kier molecular flexibility index (Phi) is 5.68. The zero-order valence-corrected chi connectivity index (χ0v) is 10.7. The monoisotopic (exact) mass is 250 g/mol. The first-order valence-electron chi connectivity index (χ1n) is 5.82. The Morgan fingerprint density at radius 2 is 2.00 bits per heavy atom. The quantitative estimate of drug-likeness (QED) is 0.675. The summed E-state index contributed by atoms with van der Waals surface area (Å²) in [5.74, 6) is 0.640. The average molecular weight is 250 g/mol. The van der Waals surface area contributed by atoms with Gasteiger partial charge >= 0.3 is 0 Å². The molecule has 0 unspecified atom stereocenters. The first kappa shape index (κ1) is 13.9. The average Bonchev–Trinajstić information content (AvgIpc) is 2.30. The van der Waals surface area contributed by atoms with Gasteiger partial charge in [0.05, 0.1) is 5.75 Å². The predicted octanol–water partition coefficient (Wildman–Crippen LogP) is -0.370. The third-order valence-corrected chi connectivity index (χ3v) is 4.61. The Morgan fingerprint density at radius 1 is 1.38 bits per heavy atom. The Hall–Kier alpha value is -0.170. The number of sulfonamides is 1. The third-order valence-electron chi connectivity index (χ3n) is 3.16. The van der Waals surface area contributed by atoms with Gasteiger partial charge in [-0.25, -0.2) is 13.1 Å². The highest BCUT2D eigenvalue weighted by atomic mass is 32.2. The van der Waals surface area contributed by atoms with E-state index in [4.69, 9.17) is 5.11 Å². The molecule has 0 aromatic carbocycles. The molecule has 1 rings (SSSR count). The normalized spacial score (nSPS) is 20.1. The van der Waals surface area contributed by atoms with Crippen LogP contribution in [0.4, 0.5) is 0 Å². The molecule has 1 aliphatic heterocycles. The fourth-order valence-corrected chi connectivity index (χ4v) is 2.69. The molecule has 0 amide bonds. The van der Waals surface area contributed by atoms with Gasteiger partial charge in [-0.2, -0.15) is 0 Å². The summed E-state index contributed by atoms with van der Waals surface area (Å²) in [6, 6.07) is 0.